The summed E-state index contributed by atoms with van der Waals surface area (Å²) in [5.41, 5.74) is 3.02. The van der Waals surface area contributed by atoms with Gasteiger partial charge in [-0.3, -0.25) is 0 Å². The Bertz CT molecular complexity index is 936. The summed E-state index contributed by atoms with van der Waals surface area (Å²) < 4.78 is 0. The van der Waals surface area contributed by atoms with Gasteiger partial charge in [0, 0.05) is 0 Å². The first kappa shape index (κ1) is 13.6. The number of benzene rings is 3. The molecule has 0 aliphatic heterocycles. The lowest BCUT2D eigenvalue weighted by molar-refractivity contribution is 1.48. The molecule has 0 amide bonds. The molecule has 0 spiro atoms. The first-order valence-electron chi connectivity index (χ1n) is 6.91. The van der Waals surface area contributed by atoms with Gasteiger partial charge in [-0.15, -0.1) is 0 Å². The molecule has 3 rings (SSSR count). The van der Waals surface area contributed by atoms with Crippen molar-refractivity contribution in [3.05, 3.63) is 83.4 Å². The summed E-state index contributed by atoms with van der Waals surface area (Å²) in [6, 6.07) is 25.6. The zero-order chi connectivity index (χ0) is 15.4. The monoisotopic (exact) mass is 280 g/mol. The number of nitriles is 2. The van der Waals surface area contributed by atoms with Crippen LogP contribution in [0, 0.1) is 22.7 Å². The van der Waals surface area contributed by atoms with Gasteiger partial charge < -0.3 is 0 Å². The lowest BCUT2D eigenvalue weighted by atomic mass is 10.00. The van der Waals surface area contributed by atoms with Crippen LogP contribution in [0.3, 0.4) is 0 Å². The second kappa shape index (κ2) is 5.95. The fourth-order valence-electron chi connectivity index (χ4n) is 2.36. The molecule has 0 atom stereocenters. The molecule has 0 aliphatic rings. The highest BCUT2D eigenvalue weighted by molar-refractivity contribution is 5.94. The van der Waals surface area contributed by atoms with Gasteiger partial charge in [0.25, 0.3) is 0 Å². The van der Waals surface area contributed by atoms with Crippen LogP contribution in [-0.4, -0.2) is 0 Å². The maximum Gasteiger partial charge on any atom is 0.0998 e. The molecule has 0 heterocycles. The first-order valence-corrected chi connectivity index (χ1v) is 6.91. The third kappa shape index (κ3) is 2.73. The summed E-state index contributed by atoms with van der Waals surface area (Å²) in [6.07, 6.45) is 1.84. The van der Waals surface area contributed by atoms with E-state index < -0.39 is 0 Å². The van der Waals surface area contributed by atoms with Crippen LogP contribution in [0.5, 0.6) is 0 Å². The standard InChI is InChI=1S/C20H12N2/c21-13-16-7-5-15(6-8-16)11-20(14-22)19-10-9-17-3-1-2-4-18(17)12-19/h1-12H/b20-11-. The summed E-state index contributed by atoms with van der Waals surface area (Å²) in [5.74, 6) is 0. The third-order valence-corrected chi connectivity index (χ3v) is 3.53. The van der Waals surface area contributed by atoms with E-state index >= 15 is 0 Å². The highest BCUT2D eigenvalue weighted by Crippen LogP contribution is 2.23. The average molecular weight is 280 g/mol. The molecule has 22 heavy (non-hydrogen) atoms. The Labute approximate surface area is 129 Å². The van der Waals surface area contributed by atoms with Gasteiger partial charge in [-0.2, -0.15) is 10.5 Å². The van der Waals surface area contributed by atoms with Crippen molar-refractivity contribution >= 4 is 22.4 Å². The quantitative estimate of drug-likeness (QED) is 0.501. The number of allylic oxidation sites excluding steroid dienone is 1. The van der Waals surface area contributed by atoms with Crippen molar-refractivity contribution in [3.8, 4) is 12.1 Å². The zero-order valence-corrected chi connectivity index (χ0v) is 11.8. The maximum atomic E-state index is 9.44. The molecule has 3 aromatic rings. The lowest BCUT2D eigenvalue weighted by Gasteiger charge is -2.03. The van der Waals surface area contributed by atoms with Crippen molar-refractivity contribution in [2.75, 3.05) is 0 Å². The molecule has 0 aromatic heterocycles. The lowest BCUT2D eigenvalue weighted by Crippen LogP contribution is -1.83. The van der Waals surface area contributed by atoms with E-state index in [9.17, 15) is 5.26 Å². The SMILES string of the molecule is N#C/C(=C/c1ccc(C#N)cc1)c1ccc2ccccc2c1. The van der Waals surface area contributed by atoms with Gasteiger partial charge in [-0.1, -0.05) is 48.5 Å². The molecule has 0 aliphatic carbocycles. The normalized spacial score (nSPS) is 10.9. The number of hydrogen-bond donors (Lipinski definition) is 0. The van der Waals surface area contributed by atoms with Crippen molar-refractivity contribution in [3.63, 3.8) is 0 Å². The van der Waals surface area contributed by atoms with E-state index in [1.807, 2.05) is 54.6 Å². The number of hydrogen-bond acceptors (Lipinski definition) is 2. The summed E-state index contributed by atoms with van der Waals surface area (Å²) in [7, 11) is 0. The Morgan fingerprint density at radius 1 is 0.818 bits per heavy atom. The number of rotatable bonds is 2. The van der Waals surface area contributed by atoms with Gasteiger partial charge in [-0.25, -0.2) is 0 Å². The van der Waals surface area contributed by atoms with Crippen LogP contribution in [0.4, 0.5) is 0 Å². The molecule has 0 fully saturated rings. The molecule has 2 heteroatoms. The van der Waals surface area contributed by atoms with E-state index in [2.05, 4.69) is 18.2 Å². The van der Waals surface area contributed by atoms with Crippen molar-refractivity contribution in [2.45, 2.75) is 0 Å². The van der Waals surface area contributed by atoms with E-state index in [-0.39, 0.29) is 0 Å². The topological polar surface area (TPSA) is 47.6 Å². The van der Waals surface area contributed by atoms with E-state index in [4.69, 9.17) is 5.26 Å². The molecule has 2 nitrogen and oxygen atoms in total. The van der Waals surface area contributed by atoms with Crippen LogP contribution in [-0.2, 0) is 0 Å². The zero-order valence-electron chi connectivity index (χ0n) is 11.8. The summed E-state index contributed by atoms with van der Waals surface area (Å²) in [4.78, 5) is 0. The van der Waals surface area contributed by atoms with Crippen LogP contribution in [0.2, 0.25) is 0 Å². The maximum absolute atomic E-state index is 9.44. The van der Waals surface area contributed by atoms with E-state index in [1.54, 1.807) is 12.1 Å². The fourth-order valence-corrected chi connectivity index (χ4v) is 2.36. The Kier molecular flexibility index (Phi) is 3.69. The summed E-state index contributed by atoms with van der Waals surface area (Å²) >= 11 is 0. The van der Waals surface area contributed by atoms with Gasteiger partial charge in [0.1, 0.15) is 0 Å². The Morgan fingerprint density at radius 3 is 2.23 bits per heavy atom. The minimum absolute atomic E-state index is 0.607. The second-order valence-corrected chi connectivity index (χ2v) is 4.97. The minimum Gasteiger partial charge on any atom is -0.192 e. The predicted molar refractivity (Wildman–Crippen MR) is 88.6 cm³/mol. The molecule has 0 unspecified atom stereocenters. The Morgan fingerprint density at radius 2 is 1.55 bits per heavy atom. The molecule has 0 saturated carbocycles. The van der Waals surface area contributed by atoms with E-state index in [0.29, 0.717) is 11.1 Å². The van der Waals surface area contributed by atoms with Crippen molar-refractivity contribution in [2.24, 2.45) is 0 Å². The second-order valence-electron chi connectivity index (χ2n) is 4.97. The van der Waals surface area contributed by atoms with Gasteiger partial charge >= 0.3 is 0 Å². The molecule has 102 valence electrons. The number of nitrogens with zero attached hydrogens (tertiary/aromatic N) is 2. The van der Waals surface area contributed by atoms with Gasteiger partial charge in [0.2, 0.25) is 0 Å². The molecule has 0 radical (unpaired) electrons. The van der Waals surface area contributed by atoms with Crippen LogP contribution < -0.4 is 0 Å². The van der Waals surface area contributed by atoms with Crippen molar-refractivity contribution in [1.82, 2.24) is 0 Å². The molecule has 0 saturated heterocycles. The summed E-state index contributed by atoms with van der Waals surface area (Å²) in [5, 5.41) is 20.5. The Balaban J connectivity index is 2.03. The van der Waals surface area contributed by atoms with Gasteiger partial charge in [0.15, 0.2) is 0 Å². The Hall–Kier alpha value is -3.36. The predicted octanol–water partition coefficient (Wildman–Crippen LogP) is 4.78. The van der Waals surface area contributed by atoms with Crippen molar-refractivity contribution < 1.29 is 0 Å². The highest BCUT2D eigenvalue weighted by atomic mass is 14.3. The first-order chi connectivity index (χ1) is 10.8. The average Bonchev–Trinajstić information content (AvgIpc) is 2.59. The smallest absolute Gasteiger partial charge is 0.0998 e. The number of fused-ring (bicyclic) bond motifs is 1. The molecule has 3 aromatic carbocycles. The highest BCUT2D eigenvalue weighted by Gasteiger charge is 2.03. The van der Waals surface area contributed by atoms with Crippen LogP contribution in [0.15, 0.2) is 66.7 Å². The fraction of sp³-hybridized carbons (Fsp3) is 0. The molecule has 0 bridgehead atoms. The van der Waals surface area contributed by atoms with Crippen molar-refractivity contribution in [1.29, 1.82) is 10.5 Å². The van der Waals surface area contributed by atoms with Gasteiger partial charge in [-0.05, 0) is 46.2 Å². The minimum atomic E-state index is 0.607. The van der Waals surface area contributed by atoms with Gasteiger partial charge in [0.05, 0.1) is 23.3 Å². The third-order valence-electron chi connectivity index (χ3n) is 3.53. The largest absolute Gasteiger partial charge is 0.192 e. The molecular formula is C20H12N2. The van der Waals surface area contributed by atoms with Crippen LogP contribution in [0.1, 0.15) is 16.7 Å². The van der Waals surface area contributed by atoms with Crippen LogP contribution >= 0.6 is 0 Å². The van der Waals surface area contributed by atoms with E-state index in [0.717, 1.165) is 21.9 Å². The molecular weight excluding hydrogens is 268 g/mol. The van der Waals surface area contributed by atoms with Crippen LogP contribution in [0.25, 0.3) is 22.4 Å². The molecule has 0 N–H and O–H groups in total. The summed E-state index contributed by atoms with van der Waals surface area (Å²) in [6.45, 7) is 0. The van der Waals surface area contributed by atoms with E-state index in [1.165, 1.54) is 0 Å².